The Hall–Kier alpha value is -1.39. The van der Waals surface area contributed by atoms with E-state index in [2.05, 4.69) is 30.4 Å². The van der Waals surface area contributed by atoms with Gasteiger partial charge in [-0.3, -0.25) is 4.79 Å². The van der Waals surface area contributed by atoms with Gasteiger partial charge in [0.25, 0.3) is 5.91 Å². The van der Waals surface area contributed by atoms with E-state index in [1.807, 2.05) is 6.07 Å². The molecule has 1 saturated carbocycles. The summed E-state index contributed by atoms with van der Waals surface area (Å²) in [4.78, 5) is 12.5. The third-order valence-corrected chi connectivity index (χ3v) is 5.61. The van der Waals surface area contributed by atoms with Crippen LogP contribution in [0.15, 0.2) is 24.3 Å². The van der Waals surface area contributed by atoms with Crippen molar-refractivity contribution in [2.45, 2.75) is 56.5 Å². The highest BCUT2D eigenvalue weighted by atomic mass is 16.5. The summed E-state index contributed by atoms with van der Waals surface area (Å²) in [5, 5.41) is 13.5. The van der Waals surface area contributed by atoms with E-state index in [-0.39, 0.29) is 11.3 Å². The van der Waals surface area contributed by atoms with Gasteiger partial charge in [-0.1, -0.05) is 24.3 Å². The zero-order valence-corrected chi connectivity index (χ0v) is 13.9. The number of hydrogen-bond acceptors (Lipinski definition) is 3. The minimum atomic E-state index is -1.15. The second-order valence-corrected chi connectivity index (χ2v) is 7.13. The van der Waals surface area contributed by atoms with E-state index in [0.29, 0.717) is 32.6 Å². The summed E-state index contributed by atoms with van der Waals surface area (Å²) in [6.45, 7) is 4.13. The zero-order valence-electron chi connectivity index (χ0n) is 13.9. The second kappa shape index (κ2) is 6.62. The fourth-order valence-electron chi connectivity index (χ4n) is 4.07. The molecule has 2 fully saturated rings. The predicted octanol–water partition coefficient (Wildman–Crippen LogP) is 2.46. The van der Waals surface area contributed by atoms with Gasteiger partial charge in [0.1, 0.15) is 5.60 Å². The monoisotopic (exact) mass is 317 g/mol. The van der Waals surface area contributed by atoms with Gasteiger partial charge in [0.05, 0.1) is 0 Å². The molecule has 1 aliphatic carbocycles. The molecule has 1 saturated heterocycles. The maximum absolute atomic E-state index is 12.5. The first-order valence-electron chi connectivity index (χ1n) is 8.70. The fourth-order valence-corrected chi connectivity index (χ4v) is 4.07. The van der Waals surface area contributed by atoms with Crippen LogP contribution in [0.1, 0.15) is 49.7 Å². The fraction of sp³-hybridized carbons (Fsp3) is 0.632. The molecule has 0 unspecified atom stereocenters. The lowest BCUT2D eigenvalue weighted by Crippen LogP contribution is -2.51. The summed E-state index contributed by atoms with van der Waals surface area (Å²) in [7, 11) is 0. The van der Waals surface area contributed by atoms with Gasteiger partial charge in [-0.15, -0.1) is 0 Å². The van der Waals surface area contributed by atoms with Gasteiger partial charge in [0.2, 0.25) is 0 Å². The third-order valence-electron chi connectivity index (χ3n) is 5.61. The van der Waals surface area contributed by atoms with Gasteiger partial charge in [-0.25, -0.2) is 0 Å². The molecule has 0 bridgehead atoms. The summed E-state index contributed by atoms with van der Waals surface area (Å²) < 4.78 is 5.55. The molecule has 2 aliphatic rings. The molecule has 0 radical (unpaired) electrons. The van der Waals surface area contributed by atoms with Crippen LogP contribution in [0.2, 0.25) is 0 Å². The van der Waals surface area contributed by atoms with Gasteiger partial charge in [-0.2, -0.15) is 0 Å². The van der Waals surface area contributed by atoms with Gasteiger partial charge in [0.15, 0.2) is 0 Å². The second-order valence-electron chi connectivity index (χ2n) is 7.13. The molecular formula is C19H27NO3. The Morgan fingerprint density at radius 3 is 2.48 bits per heavy atom. The molecule has 126 valence electrons. The van der Waals surface area contributed by atoms with E-state index in [0.717, 1.165) is 25.7 Å². The van der Waals surface area contributed by atoms with Crippen molar-refractivity contribution in [1.29, 1.82) is 0 Å². The van der Waals surface area contributed by atoms with Gasteiger partial charge >= 0.3 is 0 Å². The Balaban J connectivity index is 1.77. The summed E-state index contributed by atoms with van der Waals surface area (Å²) in [5.74, 6) is -0.200. The lowest BCUT2D eigenvalue weighted by atomic mass is 9.72. The first-order chi connectivity index (χ1) is 11.1. The van der Waals surface area contributed by atoms with Crippen molar-refractivity contribution in [3.8, 4) is 0 Å². The van der Waals surface area contributed by atoms with Crippen LogP contribution in [0.5, 0.6) is 0 Å². The summed E-state index contributed by atoms with van der Waals surface area (Å²) in [5.41, 5.74) is 1.30. The Morgan fingerprint density at radius 1 is 1.17 bits per heavy atom. The summed E-state index contributed by atoms with van der Waals surface area (Å²) in [6.07, 6.45) is 4.83. The third kappa shape index (κ3) is 3.29. The first-order valence-corrected chi connectivity index (χ1v) is 8.70. The number of carbonyl (C=O) groups is 1. The number of rotatable bonds is 4. The Bertz CT molecular complexity index is 557. The maximum Gasteiger partial charge on any atom is 0.251 e. The van der Waals surface area contributed by atoms with Crippen molar-refractivity contribution in [3.63, 3.8) is 0 Å². The lowest BCUT2D eigenvalue weighted by Gasteiger charge is -2.39. The van der Waals surface area contributed by atoms with Crippen LogP contribution < -0.4 is 5.32 Å². The van der Waals surface area contributed by atoms with Gasteiger partial charge < -0.3 is 15.2 Å². The van der Waals surface area contributed by atoms with Gasteiger partial charge in [0, 0.05) is 25.2 Å². The van der Waals surface area contributed by atoms with Crippen molar-refractivity contribution >= 4 is 5.91 Å². The van der Waals surface area contributed by atoms with Crippen molar-refractivity contribution in [2.75, 3.05) is 19.8 Å². The molecule has 1 aromatic rings. The molecule has 2 N–H and O–H groups in total. The van der Waals surface area contributed by atoms with Crippen LogP contribution in [0.4, 0.5) is 0 Å². The van der Waals surface area contributed by atoms with Gasteiger partial charge in [-0.05, 0) is 56.6 Å². The Kier molecular flexibility index (Phi) is 4.74. The summed E-state index contributed by atoms with van der Waals surface area (Å²) >= 11 is 0. The highest BCUT2D eigenvalue weighted by Crippen LogP contribution is 2.37. The molecule has 1 aromatic carbocycles. The van der Waals surface area contributed by atoms with Crippen LogP contribution in [-0.4, -0.2) is 36.4 Å². The normalized spacial score (nSPS) is 22.7. The molecule has 4 nitrogen and oxygen atoms in total. The smallest absolute Gasteiger partial charge is 0.251 e. The standard InChI is InChI=1S/C19H27NO3/c1-15-6-2-3-7-16(15)18(10-12-23-13-11-18)14-20-17(21)19(22)8-4-5-9-19/h2-3,6-7,22H,4-5,8-14H2,1H3,(H,20,21). The molecule has 1 amide bonds. The van der Waals surface area contributed by atoms with Crippen LogP contribution in [0, 0.1) is 6.92 Å². The van der Waals surface area contributed by atoms with E-state index in [1.165, 1.54) is 11.1 Å². The SMILES string of the molecule is Cc1ccccc1C1(CNC(=O)C2(O)CCCC2)CCOCC1. The number of carbonyl (C=O) groups excluding carboxylic acids is 1. The Labute approximate surface area is 138 Å². The molecule has 4 heteroatoms. The highest BCUT2D eigenvalue weighted by molar-refractivity contribution is 5.85. The minimum Gasteiger partial charge on any atom is -0.381 e. The van der Waals surface area contributed by atoms with Crippen LogP contribution in [0.3, 0.4) is 0 Å². The van der Waals surface area contributed by atoms with E-state index in [4.69, 9.17) is 4.74 Å². The van der Waals surface area contributed by atoms with Crippen LogP contribution in [0.25, 0.3) is 0 Å². The van der Waals surface area contributed by atoms with Crippen molar-refractivity contribution in [3.05, 3.63) is 35.4 Å². The average molecular weight is 317 g/mol. The Morgan fingerprint density at radius 2 is 1.83 bits per heavy atom. The van der Waals surface area contributed by atoms with Crippen molar-refractivity contribution in [2.24, 2.45) is 0 Å². The lowest BCUT2D eigenvalue weighted by molar-refractivity contribution is -0.139. The number of benzene rings is 1. The maximum atomic E-state index is 12.5. The average Bonchev–Trinajstić information content (AvgIpc) is 3.02. The minimum absolute atomic E-state index is 0.0891. The topological polar surface area (TPSA) is 58.6 Å². The molecule has 0 atom stereocenters. The highest BCUT2D eigenvalue weighted by Gasteiger charge is 2.41. The van der Waals surface area contributed by atoms with Crippen LogP contribution in [-0.2, 0) is 14.9 Å². The molecule has 3 rings (SSSR count). The number of amides is 1. The molecule has 1 aliphatic heterocycles. The van der Waals surface area contributed by atoms with Crippen molar-refractivity contribution in [1.82, 2.24) is 5.32 Å². The molecule has 0 aromatic heterocycles. The number of aryl methyl sites for hydroxylation is 1. The number of hydrogen-bond donors (Lipinski definition) is 2. The number of aliphatic hydroxyl groups is 1. The van der Waals surface area contributed by atoms with Crippen LogP contribution >= 0.6 is 0 Å². The van der Waals surface area contributed by atoms with E-state index >= 15 is 0 Å². The van der Waals surface area contributed by atoms with E-state index < -0.39 is 5.60 Å². The zero-order chi connectivity index (χ0) is 16.3. The van der Waals surface area contributed by atoms with E-state index in [9.17, 15) is 9.90 Å². The predicted molar refractivity (Wildman–Crippen MR) is 89.3 cm³/mol. The molecule has 0 spiro atoms. The molecule has 23 heavy (non-hydrogen) atoms. The van der Waals surface area contributed by atoms with Crippen molar-refractivity contribution < 1.29 is 14.6 Å². The summed E-state index contributed by atoms with van der Waals surface area (Å²) in [6, 6.07) is 8.40. The largest absolute Gasteiger partial charge is 0.381 e. The number of ether oxygens (including phenoxy) is 1. The molecular weight excluding hydrogens is 290 g/mol. The van der Waals surface area contributed by atoms with E-state index in [1.54, 1.807) is 0 Å². The quantitative estimate of drug-likeness (QED) is 0.897. The molecule has 1 heterocycles. The first kappa shape index (κ1) is 16.5. The number of nitrogens with one attached hydrogen (secondary N) is 1.